The van der Waals surface area contributed by atoms with Gasteiger partial charge >= 0.3 is 0 Å². The number of rotatable bonds is 4. The van der Waals surface area contributed by atoms with Gasteiger partial charge in [0, 0.05) is 6.54 Å². The molecule has 1 aliphatic rings. The van der Waals surface area contributed by atoms with Crippen LogP contribution in [0.2, 0.25) is 0 Å². The molecule has 0 unspecified atom stereocenters. The van der Waals surface area contributed by atoms with Crippen LogP contribution in [0.3, 0.4) is 0 Å². The Morgan fingerprint density at radius 3 is 2.21 bits per heavy atom. The molecule has 0 atom stereocenters. The van der Waals surface area contributed by atoms with Gasteiger partial charge < -0.3 is 10.5 Å². The van der Waals surface area contributed by atoms with Crippen LogP contribution in [0.25, 0.3) is 0 Å². The highest BCUT2D eigenvalue weighted by atomic mass is 16.5. The molecule has 0 amide bonds. The fourth-order valence-corrected chi connectivity index (χ4v) is 1.34. The van der Waals surface area contributed by atoms with Crippen molar-refractivity contribution in [2.45, 2.75) is 13.8 Å². The van der Waals surface area contributed by atoms with E-state index in [0.717, 1.165) is 5.57 Å². The highest BCUT2D eigenvalue weighted by molar-refractivity contribution is 5.31. The molecule has 2 nitrogen and oxygen atoms in total. The Morgan fingerprint density at radius 2 is 2.00 bits per heavy atom. The zero-order valence-corrected chi connectivity index (χ0v) is 9.25. The SMILES string of the molecule is C=C/C=C(\C=C)C1(CN)COC1.CC. The summed E-state index contributed by atoms with van der Waals surface area (Å²) in [7, 11) is 0. The van der Waals surface area contributed by atoms with Gasteiger partial charge in [0.15, 0.2) is 0 Å². The number of nitrogens with two attached hydrogens (primary N) is 1. The van der Waals surface area contributed by atoms with Gasteiger partial charge in [-0.3, -0.25) is 0 Å². The van der Waals surface area contributed by atoms with Crippen LogP contribution in [0.5, 0.6) is 0 Å². The van der Waals surface area contributed by atoms with Gasteiger partial charge in [0.2, 0.25) is 0 Å². The minimum Gasteiger partial charge on any atom is -0.379 e. The minimum atomic E-state index is 0.00986. The Labute approximate surface area is 87.1 Å². The molecule has 1 fully saturated rings. The highest BCUT2D eigenvalue weighted by Crippen LogP contribution is 2.35. The van der Waals surface area contributed by atoms with Crippen LogP contribution in [0.15, 0.2) is 37.0 Å². The molecule has 0 aromatic carbocycles. The van der Waals surface area contributed by atoms with E-state index in [-0.39, 0.29) is 5.41 Å². The number of allylic oxidation sites excluding steroid dienone is 3. The largest absolute Gasteiger partial charge is 0.379 e. The normalized spacial score (nSPS) is 18.6. The monoisotopic (exact) mass is 195 g/mol. The molecule has 0 radical (unpaired) electrons. The third-order valence-electron chi connectivity index (χ3n) is 2.28. The fraction of sp³-hybridized carbons (Fsp3) is 0.500. The van der Waals surface area contributed by atoms with E-state index in [2.05, 4.69) is 13.2 Å². The number of hydrogen-bond donors (Lipinski definition) is 1. The van der Waals surface area contributed by atoms with Crippen LogP contribution >= 0.6 is 0 Å². The predicted molar refractivity (Wildman–Crippen MR) is 62.1 cm³/mol. The smallest absolute Gasteiger partial charge is 0.0597 e. The predicted octanol–water partition coefficient (Wildman–Crippen LogP) is 2.29. The van der Waals surface area contributed by atoms with E-state index < -0.39 is 0 Å². The molecule has 0 aromatic heterocycles. The molecule has 1 aliphatic heterocycles. The summed E-state index contributed by atoms with van der Waals surface area (Å²) in [5, 5.41) is 0. The lowest BCUT2D eigenvalue weighted by Gasteiger charge is -2.41. The van der Waals surface area contributed by atoms with E-state index in [1.807, 2.05) is 26.0 Å². The van der Waals surface area contributed by atoms with Gasteiger partial charge in [0.25, 0.3) is 0 Å². The molecule has 14 heavy (non-hydrogen) atoms. The maximum Gasteiger partial charge on any atom is 0.0597 e. The molecule has 2 N–H and O–H groups in total. The standard InChI is InChI=1S/C10H15NO.C2H6/c1-3-5-9(4-2)10(6-11)7-12-8-10;1-2/h3-5H,1-2,6-8,11H2;1-2H3/b9-5+;. The Hall–Kier alpha value is -0.860. The third-order valence-corrected chi connectivity index (χ3v) is 2.28. The Kier molecular flexibility index (Phi) is 6.17. The van der Waals surface area contributed by atoms with Gasteiger partial charge in [-0.05, 0) is 5.57 Å². The zero-order valence-electron chi connectivity index (χ0n) is 9.25. The van der Waals surface area contributed by atoms with Crippen LogP contribution in [-0.4, -0.2) is 19.8 Å². The first-order valence-electron chi connectivity index (χ1n) is 5.02. The van der Waals surface area contributed by atoms with Crippen LogP contribution < -0.4 is 5.73 Å². The van der Waals surface area contributed by atoms with Crippen molar-refractivity contribution in [1.29, 1.82) is 0 Å². The molecule has 80 valence electrons. The summed E-state index contributed by atoms with van der Waals surface area (Å²) < 4.78 is 5.16. The first-order valence-corrected chi connectivity index (χ1v) is 5.02. The molecular weight excluding hydrogens is 174 g/mol. The summed E-state index contributed by atoms with van der Waals surface area (Å²) in [6.45, 7) is 13.4. The average molecular weight is 195 g/mol. The summed E-state index contributed by atoms with van der Waals surface area (Å²) >= 11 is 0. The molecule has 0 bridgehead atoms. The second-order valence-electron chi connectivity index (χ2n) is 3.04. The van der Waals surface area contributed by atoms with E-state index in [0.29, 0.717) is 19.8 Å². The lowest BCUT2D eigenvalue weighted by molar-refractivity contribution is -0.0811. The molecular formula is C12H21NO. The maximum absolute atomic E-state index is 5.67. The summed E-state index contributed by atoms with van der Waals surface area (Å²) in [6.07, 6.45) is 5.53. The molecule has 1 rings (SSSR count). The maximum atomic E-state index is 5.67. The van der Waals surface area contributed by atoms with E-state index >= 15 is 0 Å². The van der Waals surface area contributed by atoms with Gasteiger partial charge in [-0.2, -0.15) is 0 Å². The first kappa shape index (κ1) is 13.1. The Bertz CT molecular complexity index is 209. The number of hydrogen-bond acceptors (Lipinski definition) is 2. The minimum absolute atomic E-state index is 0.00986. The summed E-state index contributed by atoms with van der Waals surface area (Å²) in [6, 6.07) is 0. The third kappa shape index (κ3) is 2.56. The van der Waals surface area contributed by atoms with Crippen LogP contribution in [0, 0.1) is 5.41 Å². The average Bonchev–Trinajstić information content (AvgIpc) is 2.19. The topological polar surface area (TPSA) is 35.2 Å². The van der Waals surface area contributed by atoms with E-state index in [1.165, 1.54) is 0 Å². The summed E-state index contributed by atoms with van der Waals surface area (Å²) in [4.78, 5) is 0. The molecule has 1 saturated heterocycles. The van der Waals surface area contributed by atoms with E-state index in [9.17, 15) is 0 Å². The zero-order chi connectivity index (χ0) is 11.0. The van der Waals surface area contributed by atoms with Crippen molar-refractivity contribution >= 4 is 0 Å². The van der Waals surface area contributed by atoms with Gasteiger partial charge in [0.05, 0.1) is 18.6 Å². The fourth-order valence-electron chi connectivity index (χ4n) is 1.34. The van der Waals surface area contributed by atoms with Crippen molar-refractivity contribution in [2.75, 3.05) is 19.8 Å². The van der Waals surface area contributed by atoms with Crippen molar-refractivity contribution < 1.29 is 4.74 Å². The van der Waals surface area contributed by atoms with Gasteiger partial charge in [0.1, 0.15) is 0 Å². The molecule has 0 aliphatic carbocycles. The summed E-state index contributed by atoms with van der Waals surface area (Å²) in [5.41, 5.74) is 6.81. The Morgan fingerprint density at radius 1 is 1.43 bits per heavy atom. The molecule has 1 heterocycles. The molecule has 0 aromatic rings. The first-order chi connectivity index (χ1) is 6.79. The van der Waals surface area contributed by atoms with Gasteiger partial charge in [-0.1, -0.05) is 45.2 Å². The lowest BCUT2D eigenvalue weighted by Crippen LogP contribution is -2.49. The molecule has 0 saturated carbocycles. The van der Waals surface area contributed by atoms with Crippen molar-refractivity contribution in [3.05, 3.63) is 37.0 Å². The van der Waals surface area contributed by atoms with Crippen molar-refractivity contribution in [2.24, 2.45) is 11.1 Å². The highest BCUT2D eigenvalue weighted by Gasteiger charge is 2.39. The van der Waals surface area contributed by atoms with Gasteiger partial charge in [-0.15, -0.1) is 0 Å². The van der Waals surface area contributed by atoms with E-state index in [4.69, 9.17) is 10.5 Å². The van der Waals surface area contributed by atoms with E-state index in [1.54, 1.807) is 6.08 Å². The van der Waals surface area contributed by atoms with Crippen molar-refractivity contribution in [3.63, 3.8) is 0 Å². The van der Waals surface area contributed by atoms with Gasteiger partial charge in [-0.25, -0.2) is 0 Å². The number of ether oxygens (including phenoxy) is 1. The lowest BCUT2D eigenvalue weighted by atomic mass is 9.78. The van der Waals surface area contributed by atoms with Crippen LogP contribution in [0.4, 0.5) is 0 Å². The Balaban J connectivity index is 0.000000791. The second-order valence-corrected chi connectivity index (χ2v) is 3.04. The second kappa shape index (κ2) is 6.57. The quantitative estimate of drug-likeness (QED) is 0.698. The van der Waals surface area contributed by atoms with Crippen molar-refractivity contribution in [3.8, 4) is 0 Å². The molecule has 2 heteroatoms. The van der Waals surface area contributed by atoms with Crippen molar-refractivity contribution in [1.82, 2.24) is 0 Å². The van der Waals surface area contributed by atoms with Crippen LogP contribution in [-0.2, 0) is 4.74 Å². The molecule has 0 spiro atoms. The summed E-state index contributed by atoms with van der Waals surface area (Å²) in [5.74, 6) is 0. The van der Waals surface area contributed by atoms with Crippen LogP contribution in [0.1, 0.15) is 13.8 Å².